The van der Waals surface area contributed by atoms with Gasteiger partial charge in [-0.2, -0.15) is 9.36 Å². The zero-order chi connectivity index (χ0) is 28.8. The van der Waals surface area contributed by atoms with Gasteiger partial charge in [-0.1, -0.05) is 18.5 Å². The molecule has 3 N–H and O–H groups in total. The highest BCUT2D eigenvalue weighted by molar-refractivity contribution is 8.00. The van der Waals surface area contributed by atoms with Crippen molar-refractivity contribution in [3.63, 3.8) is 0 Å². The summed E-state index contributed by atoms with van der Waals surface area (Å²) in [5.41, 5.74) is 5.93. The number of nitrogens with zero attached hydrogens (tertiary/aromatic N) is 5. The summed E-state index contributed by atoms with van der Waals surface area (Å²) in [5, 5.41) is 17.9. The van der Waals surface area contributed by atoms with Gasteiger partial charge >= 0.3 is 5.97 Å². The van der Waals surface area contributed by atoms with Gasteiger partial charge in [0.25, 0.3) is 11.8 Å². The molecular weight excluding hydrogens is 562 g/mol. The van der Waals surface area contributed by atoms with Crippen molar-refractivity contribution in [2.75, 3.05) is 24.7 Å². The number of hydrogen-bond donors (Lipinski definition) is 2. The lowest BCUT2D eigenvalue weighted by Crippen LogP contribution is -2.71. The van der Waals surface area contributed by atoms with Gasteiger partial charge in [-0.05, 0) is 13.3 Å². The molecule has 0 aromatic carbocycles. The van der Waals surface area contributed by atoms with E-state index >= 15 is 0 Å². The average Bonchev–Trinajstić information content (AvgIpc) is 3.37. The first-order valence-corrected chi connectivity index (χ1v) is 14.2. The Balaban J connectivity index is 1.46. The minimum atomic E-state index is -1.50. The van der Waals surface area contributed by atoms with Crippen molar-refractivity contribution in [2.24, 2.45) is 5.16 Å². The first-order chi connectivity index (χ1) is 19.2. The maximum Gasteiger partial charge on any atom is 0.338 e. The van der Waals surface area contributed by atoms with Crippen LogP contribution < -0.4 is 20.7 Å². The van der Waals surface area contributed by atoms with Crippen LogP contribution in [0.4, 0.5) is 5.13 Å². The van der Waals surface area contributed by atoms with Crippen molar-refractivity contribution in [3.8, 4) is 0 Å². The number of carbonyl (C=O) groups excluding carboxylic acids is 4. The molecule has 0 spiro atoms. The Bertz CT molecular complexity index is 1360. The minimum absolute atomic E-state index is 0.0525. The molecule has 0 aliphatic carbocycles. The van der Waals surface area contributed by atoms with Crippen molar-refractivity contribution >= 4 is 57.9 Å². The quantitative estimate of drug-likeness (QED) is 0.0787. The Labute approximate surface area is 237 Å². The van der Waals surface area contributed by atoms with Gasteiger partial charge in [-0.15, -0.1) is 11.8 Å². The van der Waals surface area contributed by atoms with E-state index < -0.39 is 35.2 Å². The molecule has 2 amide bonds. The number of nitrogens with one attached hydrogen (secondary N) is 1. The Morgan fingerprint density at radius 3 is 2.67 bits per heavy atom. The molecule has 2 aromatic heterocycles. The smallest absolute Gasteiger partial charge is 0.338 e. The average molecular weight is 590 g/mol. The number of aliphatic carboxylic acids is 1. The molecule has 4 heterocycles. The molecule has 4 rings (SSSR count). The normalized spacial score (nSPS) is 18.6. The van der Waals surface area contributed by atoms with Crippen LogP contribution in [0.15, 0.2) is 41.0 Å². The molecule has 2 atom stereocenters. The molecule has 40 heavy (non-hydrogen) atoms. The summed E-state index contributed by atoms with van der Waals surface area (Å²) in [5.74, 6) is -3.10. The van der Waals surface area contributed by atoms with Crippen LogP contribution >= 0.6 is 23.3 Å². The predicted molar refractivity (Wildman–Crippen MR) is 141 cm³/mol. The summed E-state index contributed by atoms with van der Waals surface area (Å²) in [7, 11) is 0. The molecule has 1 saturated heterocycles. The fraction of sp³-hybridized carbons (Fsp3) is 0.417. The number of fused-ring (bicyclic) bond motifs is 1. The van der Waals surface area contributed by atoms with E-state index in [1.54, 1.807) is 36.0 Å². The van der Waals surface area contributed by atoms with Gasteiger partial charge in [0.1, 0.15) is 18.0 Å². The lowest BCUT2D eigenvalue weighted by Gasteiger charge is -2.50. The number of carboxylic acid groups (broad SMARTS) is 1. The summed E-state index contributed by atoms with van der Waals surface area (Å²) in [6.07, 6.45) is 4.95. The largest absolute Gasteiger partial charge is 0.543 e. The molecular formula is C24H27N7O7S2. The first kappa shape index (κ1) is 28.9. The van der Waals surface area contributed by atoms with Gasteiger partial charge in [0.05, 0.1) is 23.8 Å². The van der Waals surface area contributed by atoms with Gasteiger partial charge in [-0.25, -0.2) is 9.36 Å². The van der Waals surface area contributed by atoms with E-state index in [2.05, 4.69) is 19.8 Å². The second kappa shape index (κ2) is 12.9. The number of aromatic nitrogens is 3. The van der Waals surface area contributed by atoms with Crippen molar-refractivity contribution < 1.29 is 38.4 Å². The Morgan fingerprint density at radius 2 is 2.05 bits per heavy atom. The van der Waals surface area contributed by atoms with Crippen molar-refractivity contribution in [2.45, 2.75) is 44.6 Å². The molecule has 212 valence electrons. The van der Waals surface area contributed by atoms with Gasteiger partial charge in [0, 0.05) is 35.0 Å². The first-order valence-electron chi connectivity index (χ1n) is 12.4. The Kier molecular flexibility index (Phi) is 9.31. The standard InChI is InChI=1S/C24H27N7O7S2/c1-3-5-10-37-23(36)13-6-8-30(9-7-13)11-14-12-39-21-16(20(33)31(21)17(14)22(34)35)26-19(32)15(28-38-4-2)18-27-24(25)40-29-18/h6-9,16,21H,3-5,10-12H2,1-2H3,(H3-,25,26,27,29,32,34,35)/t16?,21-/m1/s1. The van der Waals surface area contributed by atoms with Crippen molar-refractivity contribution in [1.82, 2.24) is 19.6 Å². The van der Waals surface area contributed by atoms with Gasteiger partial charge in [0.2, 0.25) is 11.5 Å². The van der Waals surface area contributed by atoms with E-state index in [1.165, 1.54) is 11.8 Å². The van der Waals surface area contributed by atoms with Gasteiger partial charge in [0.15, 0.2) is 24.1 Å². The summed E-state index contributed by atoms with van der Waals surface area (Å²) < 4.78 is 10.9. The number of thioether (sulfide) groups is 1. The van der Waals surface area contributed by atoms with E-state index in [1.807, 2.05) is 6.92 Å². The summed E-state index contributed by atoms with van der Waals surface area (Å²) in [4.78, 5) is 60.3. The summed E-state index contributed by atoms with van der Waals surface area (Å²) in [6, 6.07) is 2.15. The Hall–Kier alpha value is -4.05. The molecule has 1 unspecified atom stereocenters. The number of oxime groups is 1. The molecule has 16 heteroatoms. The number of anilines is 1. The molecule has 2 aliphatic heterocycles. The number of esters is 1. The number of nitrogens with two attached hydrogens (primary N) is 1. The molecule has 0 saturated carbocycles. The van der Waals surface area contributed by atoms with E-state index in [-0.39, 0.29) is 41.3 Å². The maximum atomic E-state index is 13.0. The van der Waals surface area contributed by atoms with Crippen molar-refractivity contribution in [3.05, 3.63) is 47.2 Å². The molecule has 0 radical (unpaired) electrons. The number of nitrogen functional groups attached to an aromatic ring is 1. The zero-order valence-corrected chi connectivity index (χ0v) is 23.3. The monoisotopic (exact) mass is 589 g/mol. The number of ether oxygens (including phenoxy) is 1. The van der Waals surface area contributed by atoms with E-state index in [0.717, 1.165) is 29.3 Å². The summed E-state index contributed by atoms with van der Waals surface area (Å²) in [6.45, 7) is 4.34. The zero-order valence-electron chi connectivity index (χ0n) is 21.7. The third-order valence-corrected chi connectivity index (χ3v) is 7.79. The van der Waals surface area contributed by atoms with E-state index in [9.17, 15) is 24.3 Å². The lowest BCUT2D eigenvalue weighted by molar-refractivity contribution is -0.689. The van der Waals surface area contributed by atoms with Crippen LogP contribution in [0, 0.1) is 0 Å². The van der Waals surface area contributed by atoms with Crippen LogP contribution in [0.25, 0.3) is 0 Å². The fourth-order valence-electron chi connectivity index (χ4n) is 3.96. The number of pyridine rings is 1. The second-order valence-electron chi connectivity index (χ2n) is 8.66. The fourth-order valence-corrected chi connectivity index (χ4v) is 5.73. The van der Waals surface area contributed by atoms with Crippen molar-refractivity contribution in [1.29, 1.82) is 0 Å². The molecule has 2 aliphatic rings. The lowest BCUT2D eigenvalue weighted by atomic mass is 10.0. The number of hydrogen-bond acceptors (Lipinski definition) is 13. The van der Waals surface area contributed by atoms with Gasteiger partial charge in [-0.3, -0.25) is 14.5 Å². The van der Waals surface area contributed by atoms with Crippen LogP contribution in [-0.4, -0.2) is 74.1 Å². The third kappa shape index (κ3) is 6.22. The maximum absolute atomic E-state index is 13.0. The summed E-state index contributed by atoms with van der Waals surface area (Å²) >= 11 is 2.17. The third-order valence-electron chi connectivity index (χ3n) is 5.91. The molecule has 1 fully saturated rings. The number of amides is 2. The van der Waals surface area contributed by atoms with Crippen LogP contribution in [0.3, 0.4) is 0 Å². The van der Waals surface area contributed by atoms with Crippen LogP contribution in [0.5, 0.6) is 0 Å². The van der Waals surface area contributed by atoms with Crippen LogP contribution in [0.1, 0.15) is 42.9 Å². The topological polar surface area (TPSA) is 193 Å². The Morgan fingerprint density at radius 1 is 1.30 bits per heavy atom. The number of unbranched alkanes of at least 4 members (excludes halogenated alkanes) is 1. The second-order valence-corrected chi connectivity index (χ2v) is 10.6. The van der Waals surface area contributed by atoms with E-state index in [0.29, 0.717) is 17.7 Å². The number of rotatable bonds is 12. The highest BCUT2D eigenvalue weighted by Crippen LogP contribution is 2.40. The predicted octanol–water partition coefficient (Wildman–Crippen LogP) is -0.791. The highest BCUT2D eigenvalue weighted by atomic mass is 32.2. The minimum Gasteiger partial charge on any atom is -0.543 e. The highest BCUT2D eigenvalue weighted by Gasteiger charge is 2.53. The van der Waals surface area contributed by atoms with Crippen LogP contribution in [0.2, 0.25) is 0 Å². The van der Waals surface area contributed by atoms with E-state index in [4.69, 9.17) is 15.3 Å². The van der Waals surface area contributed by atoms with Gasteiger partial charge < -0.3 is 30.5 Å². The SMILES string of the molecule is CCCCOC(=O)c1cc[n+](CC2=C(C(=O)[O-])N3C(=O)C(NC(=O)C(=NOCC)c4nsc(N)n4)[C@H]3SC2)cc1. The van der Waals surface area contributed by atoms with Crippen LogP contribution in [-0.2, 0) is 30.5 Å². The number of β-lactam (4-membered cyclic amide) rings is 1. The molecule has 14 nitrogen and oxygen atoms in total. The molecule has 0 bridgehead atoms. The number of carboxylic acids is 1. The number of carbonyl (C=O) groups is 4. The molecule has 2 aromatic rings.